The molecule has 2 amide bonds. The fourth-order valence-electron chi connectivity index (χ4n) is 3.47. The lowest BCUT2D eigenvalue weighted by molar-refractivity contribution is 0.0949. The number of ether oxygens (including phenoxy) is 1. The highest BCUT2D eigenvalue weighted by molar-refractivity contribution is 6.09. The van der Waals surface area contributed by atoms with Gasteiger partial charge >= 0.3 is 0 Å². The van der Waals surface area contributed by atoms with E-state index in [-0.39, 0.29) is 11.8 Å². The summed E-state index contributed by atoms with van der Waals surface area (Å²) in [4.78, 5) is 27.5. The van der Waals surface area contributed by atoms with Crippen LogP contribution in [0.2, 0.25) is 0 Å². The largest absolute Gasteiger partial charge is 0.385 e. The molecule has 6 nitrogen and oxygen atoms in total. The lowest BCUT2D eigenvalue weighted by Crippen LogP contribution is -2.29. The molecule has 154 valence electrons. The number of hydrogen-bond donors (Lipinski definition) is 2. The number of anilines is 2. The first-order chi connectivity index (χ1) is 14.2. The first-order valence-corrected chi connectivity index (χ1v) is 10.2. The Morgan fingerprint density at radius 2 is 1.69 bits per heavy atom. The van der Waals surface area contributed by atoms with E-state index in [9.17, 15) is 9.59 Å². The SMILES string of the molecule is COCCCNC(=O)c1ccccc1NC(=O)c1ccc(N2CCCCC2)cc1. The second-order valence-electron chi connectivity index (χ2n) is 7.20. The van der Waals surface area contributed by atoms with Gasteiger partial charge in [0.2, 0.25) is 0 Å². The molecular formula is C23H29N3O3. The van der Waals surface area contributed by atoms with Crippen molar-refractivity contribution < 1.29 is 14.3 Å². The monoisotopic (exact) mass is 395 g/mol. The van der Waals surface area contributed by atoms with Gasteiger partial charge in [-0.2, -0.15) is 0 Å². The van der Waals surface area contributed by atoms with E-state index in [0.717, 1.165) is 25.2 Å². The Labute approximate surface area is 172 Å². The van der Waals surface area contributed by atoms with E-state index in [4.69, 9.17) is 4.74 Å². The number of amides is 2. The number of para-hydroxylation sites is 1. The summed E-state index contributed by atoms with van der Waals surface area (Å²) < 4.78 is 4.99. The zero-order chi connectivity index (χ0) is 20.5. The summed E-state index contributed by atoms with van der Waals surface area (Å²) in [7, 11) is 1.63. The van der Waals surface area contributed by atoms with E-state index in [1.165, 1.54) is 19.3 Å². The van der Waals surface area contributed by atoms with E-state index >= 15 is 0 Å². The van der Waals surface area contributed by atoms with Crippen LogP contribution in [0.5, 0.6) is 0 Å². The van der Waals surface area contributed by atoms with Crippen LogP contribution < -0.4 is 15.5 Å². The van der Waals surface area contributed by atoms with Crippen LogP contribution in [0, 0.1) is 0 Å². The van der Waals surface area contributed by atoms with Crippen LogP contribution in [0.4, 0.5) is 11.4 Å². The Hall–Kier alpha value is -2.86. The van der Waals surface area contributed by atoms with Gasteiger partial charge < -0.3 is 20.3 Å². The predicted octanol–water partition coefficient (Wildman–Crippen LogP) is 3.70. The molecule has 2 aromatic carbocycles. The average molecular weight is 396 g/mol. The van der Waals surface area contributed by atoms with Crippen molar-refractivity contribution >= 4 is 23.2 Å². The highest BCUT2D eigenvalue weighted by Gasteiger charge is 2.15. The van der Waals surface area contributed by atoms with Crippen molar-refractivity contribution in [1.29, 1.82) is 0 Å². The van der Waals surface area contributed by atoms with Crippen molar-refractivity contribution in [2.75, 3.05) is 43.6 Å². The Morgan fingerprint density at radius 1 is 0.966 bits per heavy atom. The number of methoxy groups -OCH3 is 1. The molecule has 0 saturated carbocycles. The summed E-state index contributed by atoms with van der Waals surface area (Å²) in [5.74, 6) is -0.438. The minimum Gasteiger partial charge on any atom is -0.385 e. The first kappa shape index (κ1) is 20.9. The Balaban J connectivity index is 1.63. The molecule has 0 bridgehead atoms. The minimum absolute atomic E-state index is 0.211. The number of hydrogen-bond acceptors (Lipinski definition) is 4. The van der Waals surface area contributed by atoms with Crippen molar-refractivity contribution in [1.82, 2.24) is 5.32 Å². The van der Waals surface area contributed by atoms with Crippen LogP contribution in [0.1, 0.15) is 46.4 Å². The van der Waals surface area contributed by atoms with Crippen molar-refractivity contribution in [2.45, 2.75) is 25.7 Å². The van der Waals surface area contributed by atoms with E-state index in [1.54, 1.807) is 31.4 Å². The molecule has 0 radical (unpaired) electrons. The molecule has 1 aliphatic heterocycles. The third-order valence-corrected chi connectivity index (χ3v) is 5.08. The maximum absolute atomic E-state index is 12.7. The van der Waals surface area contributed by atoms with Gasteiger partial charge in [-0.1, -0.05) is 12.1 Å². The predicted molar refractivity (Wildman–Crippen MR) is 116 cm³/mol. The molecule has 1 saturated heterocycles. The van der Waals surface area contributed by atoms with Gasteiger partial charge in [0.05, 0.1) is 11.3 Å². The topological polar surface area (TPSA) is 70.7 Å². The second-order valence-corrected chi connectivity index (χ2v) is 7.20. The van der Waals surface area contributed by atoms with E-state index < -0.39 is 0 Å². The molecule has 1 fully saturated rings. The van der Waals surface area contributed by atoms with E-state index in [0.29, 0.717) is 30.0 Å². The number of nitrogens with one attached hydrogen (secondary N) is 2. The van der Waals surface area contributed by atoms with E-state index in [2.05, 4.69) is 15.5 Å². The second kappa shape index (κ2) is 10.6. The molecule has 3 rings (SSSR count). The summed E-state index contributed by atoms with van der Waals surface area (Å²) in [5.41, 5.74) is 2.67. The van der Waals surface area contributed by atoms with Gasteiger partial charge in [-0.15, -0.1) is 0 Å². The number of carbonyl (C=O) groups excluding carboxylic acids is 2. The van der Waals surface area contributed by atoms with Crippen LogP contribution >= 0.6 is 0 Å². The Kier molecular flexibility index (Phi) is 7.64. The molecule has 0 aliphatic carbocycles. The number of benzene rings is 2. The van der Waals surface area contributed by atoms with Crippen molar-refractivity contribution in [2.24, 2.45) is 0 Å². The number of rotatable bonds is 8. The summed E-state index contributed by atoms with van der Waals surface area (Å²) in [5, 5.41) is 5.73. The quantitative estimate of drug-likeness (QED) is 0.669. The number of piperidine rings is 1. The molecule has 0 unspecified atom stereocenters. The molecule has 1 aliphatic rings. The lowest BCUT2D eigenvalue weighted by Gasteiger charge is -2.28. The maximum Gasteiger partial charge on any atom is 0.255 e. The Bertz CT molecular complexity index is 814. The highest BCUT2D eigenvalue weighted by atomic mass is 16.5. The molecule has 2 N–H and O–H groups in total. The summed E-state index contributed by atoms with van der Waals surface area (Å²) in [6.07, 6.45) is 4.45. The smallest absolute Gasteiger partial charge is 0.255 e. The first-order valence-electron chi connectivity index (χ1n) is 10.2. The third kappa shape index (κ3) is 5.81. The normalized spacial score (nSPS) is 13.8. The molecule has 0 aromatic heterocycles. The average Bonchev–Trinajstić information content (AvgIpc) is 2.77. The molecule has 0 atom stereocenters. The van der Waals surface area contributed by atoms with Crippen LogP contribution in [0.25, 0.3) is 0 Å². The fourth-order valence-corrected chi connectivity index (χ4v) is 3.47. The van der Waals surface area contributed by atoms with Crippen molar-refractivity contribution in [3.8, 4) is 0 Å². The number of nitrogens with zero attached hydrogens (tertiary/aromatic N) is 1. The van der Waals surface area contributed by atoms with Gasteiger partial charge in [-0.25, -0.2) is 0 Å². The molecule has 2 aromatic rings. The maximum atomic E-state index is 12.7. The molecule has 6 heteroatoms. The standard InChI is InChI=1S/C23H29N3O3/c1-29-17-7-14-24-23(28)20-8-3-4-9-21(20)25-22(27)18-10-12-19(13-11-18)26-15-5-2-6-16-26/h3-4,8-13H,2,5-7,14-17H2,1H3,(H,24,28)(H,25,27). The lowest BCUT2D eigenvalue weighted by atomic mass is 10.1. The van der Waals surface area contributed by atoms with Gasteiger partial charge in [-0.3, -0.25) is 9.59 Å². The highest BCUT2D eigenvalue weighted by Crippen LogP contribution is 2.21. The van der Waals surface area contributed by atoms with Crippen LogP contribution in [0.15, 0.2) is 48.5 Å². The number of carbonyl (C=O) groups is 2. The van der Waals surface area contributed by atoms with Crippen molar-refractivity contribution in [3.63, 3.8) is 0 Å². The Morgan fingerprint density at radius 3 is 2.41 bits per heavy atom. The van der Waals surface area contributed by atoms with Gasteiger partial charge in [0.15, 0.2) is 0 Å². The van der Waals surface area contributed by atoms with Crippen LogP contribution in [0.3, 0.4) is 0 Å². The molecule has 1 heterocycles. The van der Waals surface area contributed by atoms with Crippen LogP contribution in [-0.2, 0) is 4.74 Å². The zero-order valence-corrected chi connectivity index (χ0v) is 16.9. The summed E-state index contributed by atoms with van der Waals surface area (Å²) in [6.45, 7) is 3.25. The molecule has 29 heavy (non-hydrogen) atoms. The molecule has 0 spiro atoms. The summed E-state index contributed by atoms with van der Waals surface area (Å²) in [6, 6.07) is 14.7. The van der Waals surface area contributed by atoms with Crippen molar-refractivity contribution in [3.05, 3.63) is 59.7 Å². The van der Waals surface area contributed by atoms with Gasteiger partial charge in [0.1, 0.15) is 0 Å². The van der Waals surface area contributed by atoms with Crippen LogP contribution in [-0.4, -0.2) is 45.2 Å². The third-order valence-electron chi connectivity index (χ3n) is 5.08. The summed E-state index contributed by atoms with van der Waals surface area (Å²) >= 11 is 0. The van der Waals surface area contributed by atoms with Gasteiger partial charge in [0.25, 0.3) is 11.8 Å². The van der Waals surface area contributed by atoms with Gasteiger partial charge in [0, 0.05) is 44.6 Å². The minimum atomic E-state index is -0.227. The molecular weight excluding hydrogens is 366 g/mol. The van der Waals surface area contributed by atoms with E-state index in [1.807, 2.05) is 24.3 Å². The fraction of sp³-hybridized carbons (Fsp3) is 0.391. The zero-order valence-electron chi connectivity index (χ0n) is 16.9. The van der Waals surface area contributed by atoms with Gasteiger partial charge in [-0.05, 0) is 62.1 Å².